The minimum absolute atomic E-state index is 0.00568. The smallest absolute Gasteiger partial charge is 0.340 e. The molecule has 0 aromatic heterocycles. The second-order valence-corrected chi connectivity index (χ2v) is 13.8. The number of piperidine rings is 1. The van der Waals surface area contributed by atoms with Gasteiger partial charge in [0.05, 0.1) is 41.8 Å². The van der Waals surface area contributed by atoms with Crippen LogP contribution in [0.4, 0.5) is 5.69 Å². The van der Waals surface area contributed by atoms with Gasteiger partial charge in [-0.15, -0.1) is 0 Å². The molecule has 41 heavy (non-hydrogen) atoms. The summed E-state index contributed by atoms with van der Waals surface area (Å²) in [5.41, 5.74) is -0.719. The fraction of sp³-hybridized carbons (Fsp3) is 0.750. The van der Waals surface area contributed by atoms with E-state index in [1.165, 1.54) is 6.92 Å². The van der Waals surface area contributed by atoms with E-state index in [1.807, 2.05) is 7.11 Å². The van der Waals surface area contributed by atoms with E-state index in [0.29, 0.717) is 17.7 Å². The molecule has 1 saturated heterocycles. The fourth-order valence-corrected chi connectivity index (χ4v) is 11.6. The van der Waals surface area contributed by atoms with Crippen molar-refractivity contribution in [2.75, 3.05) is 39.2 Å². The molecule has 12 atom stereocenters. The van der Waals surface area contributed by atoms with Crippen LogP contribution in [0.15, 0.2) is 24.3 Å². The minimum Gasteiger partial charge on any atom is -0.461 e. The van der Waals surface area contributed by atoms with E-state index < -0.39 is 17.7 Å². The number of carbonyl (C=O) groups excluding carboxylic acids is 2. The van der Waals surface area contributed by atoms with E-state index in [-0.39, 0.29) is 71.2 Å². The van der Waals surface area contributed by atoms with Gasteiger partial charge in [-0.3, -0.25) is 9.69 Å². The number of rotatable bonds is 7. The van der Waals surface area contributed by atoms with Crippen molar-refractivity contribution in [2.45, 2.75) is 75.9 Å². The van der Waals surface area contributed by atoms with Gasteiger partial charge in [-0.1, -0.05) is 19.1 Å². The van der Waals surface area contributed by atoms with Crippen LogP contribution in [0.3, 0.4) is 0 Å². The zero-order valence-corrected chi connectivity index (χ0v) is 24.5. The summed E-state index contributed by atoms with van der Waals surface area (Å²) in [5.74, 6) is -0.552. The van der Waals surface area contributed by atoms with Gasteiger partial charge in [-0.05, 0) is 56.2 Å². The first-order chi connectivity index (χ1) is 19.7. The molecule has 1 amide bonds. The van der Waals surface area contributed by atoms with Crippen LogP contribution in [-0.2, 0) is 19.0 Å². The molecule has 9 heteroatoms. The Labute approximate surface area is 241 Å². The van der Waals surface area contributed by atoms with Crippen molar-refractivity contribution in [3.05, 3.63) is 29.8 Å². The number of ether oxygens (including phenoxy) is 3. The zero-order chi connectivity index (χ0) is 28.9. The quantitative estimate of drug-likeness (QED) is 0.430. The average molecular weight is 569 g/mol. The summed E-state index contributed by atoms with van der Waals surface area (Å²) >= 11 is 0. The molecular formula is C32H44N2O7. The normalized spacial score (nSPS) is 47.2. The third-order valence-electron chi connectivity index (χ3n) is 12.7. The average Bonchev–Trinajstić information content (AvgIpc) is 3.38. The predicted molar refractivity (Wildman–Crippen MR) is 150 cm³/mol. The number of hydrogen-bond acceptors (Lipinski definition) is 8. The van der Waals surface area contributed by atoms with Gasteiger partial charge < -0.3 is 29.7 Å². The lowest BCUT2D eigenvalue weighted by Gasteiger charge is -2.69. The highest BCUT2D eigenvalue weighted by Gasteiger charge is 2.83. The summed E-state index contributed by atoms with van der Waals surface area (Å²) in [6, 6.07) is 7.12. The number of aliphatic hydroxyl groups excluding tert-OH is 1. The molecule has 224 valence electrons. The Hall–Kier alpha value is -2.04. The van der Waals surface area contributed by atoms with Crippen LogP contribution < -0.4 is 5.32 Å². The lowest BCUT2D eigenvalue weighted by atomic mass is 9.43. The zero-order valence-electron chi connectivity index (χ0n) is 24.5. The summed E-state index contributed by atoms with van der Waals surface area (Å²) in [5, 5.41) is 27.0. The van der Waals surface area contributed by atoms with E-state index in [0.717, 1.165) is 38.8 Å². The van der Waals surface area contributed by atoms with Crippen LogP contribution in [0.1, 0.15) is 56.3 Å². The van der Waals surface area contributed by atoms with Crippen molar-refractivity contribution >= 4 is 17.6 Å². The first-order valence-corrected chi connectivity index (χ1v) is 15.4. The molecule has 0 radical (unpaired) electrons. The van der Waals surface area contributed by atoms with Crippen molar-refractivity contribution in [3.8, 4) is 0 Å². The van der Waals surface area contributed by atoms with Gasteiger partial charge in [0, 0.05) is 68.7 Å². The van der Waals surface area contributed by atoms with Crippen LogP contribution in [0.5, 0.6) is 0 Å². The molecular weight excluding hydrogens is 524 g/mol. The first-order valence-electron chi connectivity index (χ1n) is 15.4. The van der Waals surface area contributed by atoms with Crippen molar-refractivity contribution in [1.29, 1.82) is 0 Å². The van der Waals surface area contributed by atoms with Gasteiger partial charge in [0.2, 0.25) is 5.91 Å². The van der Waals surface area contributed by atoms with Gasteiger partial charge in [0.15, 0.2) is 0 Å². The summed E-state index contributed by atoms with van der Waals surface area (Å²) < 4.78 is 18.5. The van der Waals surface area contributed by atoms with E-state index in [2.05, 4.69) is 17.1 Å². The summed E-state index contributed by atoms with van der Waals surface area (Å²) in [6.07, 6.45) is 3.23. The number of methoxy groups -OCH3 is 2. The van der Waals surface area contributed by atoms with Gasteiger partial charge in [0.25, 0.3) is 0 Å². The molecule has 7 bridgehead atoms. The van der Waals surface area contributed by atoms with Crippen LogP contribution in [0.25, 0.3) is 0 Å². The minimum atomic E-state index is -0.999. The van der Waals surface area contributed by atoms with Crippen molar-refractivity contribution in [3.63, 3.8) is 0 Å². The van der Waals surface area contributed by atoms with Crippen LogP contribution >= 0.6 is 0 Å². The monoisotopic (exact) mass is 568 g/mol. The Morgan fingerprint density at radius 2 is 1.93 bits per heavy atom. The van der Waals surface area contributed by atoms with Gasteiger partial charge in [0.1, 0.15) is 0 Å². The second-order valence-electron chi connectivity index (χ2n) is 13.8. The Kier molecular flexibility index (Phi) is 6.42. The summed E-state index contributed by atoms with van der Waals surface area (Å²) in [7, 11) is 3.53. The number of aliphatic hydroxyl groups is 2. The molecule has 1 heterocycles. The molecule has 1 spiro atoms. The molecule has 1 aliphatic heterocycles. The number of anilines is 1. The first kappa shape index (κ1) is 27.8. The molecule has 1 aromatic carbocycles. The number of nitrogens with zero attached hydrogens (tertiary/aromatic N) is 1. The molecule has 9 nitrogen and oxygen atoms in total. The number of hydrogen-bond donors (Lipinski definition) is 3. The number of amides is 1. The van der Waals surface area contributed by atoms with Gasteiger partial charge in [-0.25, -0.2) is 4.79 Å². The maximum atomic E-state index is 13.5. The number of nitrogens with one attached hydrogen (secondary N) is 1. The molecule has 7 rings (SSSR count). The number of carbonyl (C=O) groups is 2. The third kappa shape index (κ3) is 3.47. The van der Waals surface area contributed by atoms with Gasteiger partial charge in [-0.2, -0.15) is 0 Å². The molecule has 5 saturated carbocycles. The topological polar surface area (TPSA) is 118 Å². The number of para-hydroxylation sites is 1. The van der Waals surface area contributed by atoms with Crippen molar-refractivity contribution in [2.24, 2.45) is 40.4 Å². The van der Waals surface area contributed by atoms with E-state index in [1.54, 1.807) is 31.4 Å². The molecule has 1 aromatic rings. The number of fused-ring (bicyclic) bond motifs is 2. The summed E-state index contributed by atoms with van der Waals surface area (Å²) in [6.45, 7) is 5.53. The fourth-order valence-electron chi connectivity index (χ4n) is 11.6. The van der Waals surface area contributed by atoms with Crippen LogP contribution in [-0.4, -0.2) is 90.9 Å². The highest BCUT2D eigenvalue weighted by atomic mass is 16.5. The van der Waals surface area contributed by atoms with Crippen LogP contribution in [0.2, 0.25) is 0 Å². The molecule has 6 aliphatic rings. The van der Waals surface area contributed by atoms with Gasteiger partial charge >= 0.3 is 5.97 Å². The van der Waals surface area contributed by atoms with E-state index in [9.17, 15) is 19.8 Å². The molecule has 3 N–H and O–H groups in total. The third-order valence-corrected chi connectivity index (χ3v) is 12.7. The lowest BCUT2D eigenvalue weighted by molar-refractivity contribution is -0.275. The van der Waals surface area contributed by atoms with Crippen molar-refractivity contribution < 1.29 is 34.0 Å². The maximum absolute atomic E-state index is 13.5. The highest BCUT2D eigenvalue weighted by Crippen LogP contribution is 2.79. The van der Waals surface area contributed by atoms with Crippen molar-refractivity contribution in [1.82, 2.24) is 4.90 Å². The Morgan fingerprint density at radius 1 is 1.15 bits per heavy atom. The number of benzene rings is 1. The predicted octanol–water partition coefficient (Wildman–Crippen LogP) is 2.70. The second kappa shape index (κ2) is 9.48. The Balaban J connectivity index is 1.28. The Bertz CT molecular complexity index is 1240. The van der Waals surface area contributed by atoms with E-state index in [4.69, 9.17) is 14.2 Å². The largest absolute Gasteiger partial charge is 0.461 e. The standard InChI is InChI=1S/C32H44N2O7/c1-5-34-15-30(16-41-29(37)18-8-6-7-9-22(18)33-17(2)35)11-10-25(40-4)32-20-12-19-23(39-3)14-31(38,26(20)27(19)36)21(28(32)34)13-24(30)32/h6-9,19-21,23-28,36,38H,5,10-16H2,1-4H3,(H,33,35)/t19-,20-,21+,23+,24-,25+,26-,27+,28-,30+,31+,32-/m1/s1. The molecule has 6 fully saturated rings. The number of esters is 1. The maximum Gasteiger partial charge on any atom is 0.340 e. The Morgan fingerprint density at radius 3 is 2.63 bits per heavy atom. The highest BCUT2D eigenvalue weighted by molar-refractivity contribution is 6.00. The van der Waals surface area contributed by atoms with Crippen LogP contribution in [0, 0.1) is 40.4 Å². The molecule has 0 unspecified atom stereocenters. The summed E-state index contributed by atoms with van der Waals surface area (Å²) in [4.78, 5) is 27.8. The SMILES string of the molecule is CCN1C[C@]2(COC(=O)c3ccccc3NC(C)=O)CC[C@H](OC)[C@@]34[C@@H]5C[C@H]6[C@H](O)[C@@H]5[C@](O)(C[C@@H]6OC)[C@@H](C[C@H]23)[C@@H]14. The molecule has 5 aliphatic carbocycles. The lowest BCUT2D eigenvalue weighted by Crippen LogP contribution is -2.76. The van der Waals surface area contributed by atoms with E-state index >= 15 is 0 Å². The number of likely N-dealkylation sites (tertiary alicyclic amines) is 1.